The summed E-state index contributed by atoms with van der Waals surface area (Å²) in [6, 6.07) is 19.9. The maximum Gasteiger partial charge on any atom is 0.335 e. The van der Waals surface area contributed by atoms with Crippen LogP contribution in [-0.2, 0) is 0 Å². The summed E-state index contributed by atoms with van der Waals surface area (Å²) < 4.78 is 10.7. The van der Waals surface area contributed by atoms with Gasteiger partial charge in [0.1, 0.15) is 17.6 Å². The number of rotatable bonds is 6. The van der Waals surface area contributed by atoms with Gasteiger partial charge in [-0.1, -0.05) is 18.2 Å². The van der Waals surface area contributed by atoms with Gasteiger partial charge in [0.2, 0.25) is 0 Å². The van der Waals surface area contributed by atoms with Crippen molar-refractivity contribution < 1.29 is 19.4 Å². The van der Waals surface area contributed by atoms with Crippen molar-refractivity contribution in [3.05, 3.63) is 78.0 Å². The van der Waals surface area contributed by atoms with Gasteiger partial charge in [-0.15, -0.1) is 0 Å². The molecule has 158 valence electrons. The van der Waals surface area contributed by atoms with E-state index in [-0.39, 0.29) is 5.56 Å². The standard InChI is InChI=1S/C25H19N3O4/c1-31-20-10-19(11-21(12-20)32-2)28-24-18(13-26)14-27-23-8-7-17(9-22(23)24)15-3-5-16(6-4-15)25(29)30/h3-12,14H,1-2H3,(H,27,28)(H,29,30). The van der Waals surface area contributed by atoms with Crippen LogP contribution in [-0.4, -0.2) is 30.3 Å². The van der Waals surface area contributed by atoms with Gasteiger partial charge in [-0.05, 0) is 35.4 Å². The van der Waals surface area contributed by atoms with Crippen molar-refractivity contribution >= 4 is 28.2 Å². The molecule has 0 aliphatic carbocycles. The highest BCUT2D eigenvalue weighted by molar-refractivity contribution is 5.98. The first-order valence-electron chi connectivity index (χ1n) is 9.69. The Bertz CT molecular complexity index is 1340. The number of nitrogens with one attached hydrogen (secondary N) is 1. The number of nitrogens with zero attached hydrogens (tertiary/aromatic N) is 2. The number of hydrogen-bond donors (Lipinski definition) is 2. The lowest BCUT2D eigenvalue weighted by atomic mass is 10.00. The van der Waals surface area contributed by atoms with E-state index in [2.05, 4.69) is 16.4 Å². The van der Waals surface area contributed by atoms with Crippen LogP contribution in [0, 0.1) is 11.3 Å². The number of ether oxygens (including phenoxy) is 2. The molecule has 0 unspecified atom stereocenters. The Labute approximate surface area is 184 Å². The second-order valence-corrected chi connectivity index (χ2v) is 7.00. The largest absolute Gasteiger partial charge is 0.497 e. The van der Waals surface area contributed by atoms with Crippen LogP contribution in [0.5, 0.6) is 11.5 Å². The first-order valence-corrected chi connectivity index (χ1v) is 9.69. The third-order valence-electron chi connectivity index (χ3n) is 5.07. The number of anilines is 2. The molecule has 0 bridgehead atoms. The van der Waals surface area contributed by atoms with Crippen molar-refractivity contribution in [1.82, 2.24) is 4.98 Å². The smallest absolute Gasteiger partial charge is 0.335 e. The van der Waals surface area contributed by atoms with E-state index in [4.69, 9.17) is 14.6 Å². The van der Waals surface area contributed by atoms with Gasteiger partial charge < -0.3 is 19.9 Å². The number of benzene rings is 3. The molecule has 0 amide bonds. The summed E-state index contributed by atoms with van der Waals surface area (Å²) in [5, 5.41) is 22.9. The zero-order valence-electron chi connectivity index (χ0n) is 17.4. The number of carboxylic acid groups (broad SMARTS) is 1. The summed E-state index contributed by atoms with van der Waals surface area (Å²) >= 11 is 0. The highest BCUT2D eigenvalue weighted by atomic mass is 16.5. The van der Waals surface area contributed by atoms with Crippen molar-refractivity contribution in [2.24, 2.45) is 0 Å². The Morgan fingerprint density at radius 3 is 2.22 bits per heavy atom. The predicted molar refractivity (Wildman–Crippen MR) is 122 cm³/mol. The molecule has 0 saturated heterocycles. The van der Waals surface area contributed by atoms with Gasteiger partial charge in [0.05, 0.1) is 36.6 Å². The van der Waals surface area contributed by atoms with E-state index >= 15 is 0 Å². The van der Waals surface area contributed by atoms with E-state index in [9.17, 15) is 10.1 Å². The second kappa shape index (κ2) is 8.66. The maximum atomic E-state index is 11.1. The number of carbonyl (C=O) groups is 1. The van der Waals surface area contributed by atoms with Crippen LogP contribution in [0.25, 0.3) is 22.0 Å². The summed E-state index contributed by atoms with van der Waals surface area (Å²) in [4.78, 5) is 15.5. The normalized spacial score (nSPS) is 10.4. The quantitative estimate of drug-likeness (QED) is 0.436. The molecule has 0 saturated carbocycles. The monoisotopic (exact) mass is 425 g/mol. The van der Waals surface area contributed by atoms with Crippen molar-refractivity contribution in [2.75, 3.05) is 19.5 Å². The van der Waals surface area contributed by atoms with Gasteiger partial charge in [-0.3, -0.25) is 4.98 Å². The Kier molecular flexibility index (Phi) is 5.60. The number of nitriles is 1. The lowest BCUT2D eigenvalue weighted by molar-refractivity contribution is 0.0697. The molecule has 0 fully saturated rings. The molecule has 3 aromatic carbocycles. The number of aromatic nitrogens is 1. The molecule has 1 aromatic heterocycles. The number of hydrogen-bond acceptors (Lipinski definition) is 6. The van der Waals surface area contributed by atoms with Crippen molar-refractivity contribution in [2.45, 2.75) is 0 Å². The van der Waals surface area contributed by atoms with E-state index < -0.39 is 5.97 Å². The zero-order chi connectivity index (χ0) is 22.7. The molecule has 32 heavy (non-hydrogen) atoms. The van der Waals surface area contributed by atoms with Gasteiger partial charge in [0, 0.05) is 35.5 Å². The van der Waals surface area contributed by atoms with Crippen molar-refractivity contribution in [3.8, 4) is 28.7 Å². The number of aromatic carboxylic acids is 1. The molecule has 0 aliphatic heterocycles. The third kappa shape index (κ3) is 4.02. The van der Waals surface area contributed by atoms with Crippen LogP contribution >= 0.6 is 0 Å². The van der Waals surface area contributed by atoms with Gasteiger partial charge in [0.15, 0.2) is 0 Å². The fraction of sp³-hybridized carbons (Fsp3) is 0.0800. The average Bonchev–Trinajstić information content (AvgIpc) is 2.83. The molecule has 0 radical (unpaired) electrons. The van der Waals surface area contributed by atoms with Gasteiger partial charge >= 0.3 is 5.97 Å². The molecule has 0 spiro atoms. The van der Waals surface area contributed by atoms with Gasteiger partial charge in [0.25, 0.3) is 0 Å². The highest BCUT2D eigenvalue weighted by Gasteiger charge is 2.13. The lowest BCUT2D eigenvalue weighted by Crippen LogP contribution is -1.98. The Balaban J connectivity index is 1.83. The van der Waals surface area contributed by atoms with Crippen LogP contribution in [0.3, 0.4) is 0 Å². The van der Waals surface area contributed by atoms with Crippen LogP contribution < -0.4 is 14.8 Å². The Morgan fingerprint density at radius 2 is 1.62 bits per heavy atom. The number of carboxylic acids is 1. The molecular formula is C25H19N3O4. The predicted octanol–water partition coefficient (Wildman–Crippen LogP) is 5.23. The Morgan fingerprint density at radius 1 is 0.969 bits per heavy atom. The highest BCUT2D eigenvalue weighted by Crippen LogP contribution is 2.34. The SMILES string of the molecule is COc1cc(Nc2c(C#N)cnc3ccc(-c4ccc(C(=O)O)cc4)cc23)cc(OC)c1. The van der Waals surface area contributed by atoms with Crippen LogP contribution in [0.2, 0.25) is 0 Å². The van der Waals surface area contributed by atoms with Crippen LogP contribution in [0.1, 0.15) is 15.9 Å². The Hall–Kier alpha value is -4.57. The molecule has 7 heteroatoms. The fourth-order valence-electron chi connectivity index (χ4n) is 3.42. The van der Waals surface area contributed by atoms with E-state index in [0.717, 1.165) is 16.5 Å². The van der Waals surface area contributed by atoms with E-state index in [0.29, 0.717) is 34.0 Å². The molecule has 1 heterocycles. The molecule has 7 nitrogen and oxygen atoms in total. The maximum absolute atomic E-state index is 11.1. The average molecular weight is 425 g/mol. The van der Waals surface area contributed by atoms with Crippen LogP contribution in [0.15, 0.2) is 66.9 Å². The summed E-state index contributed by atoms with van der Waals surface area (Å²) in [6.07, 6.45) is 1.53. The van der Waals surface area contributed by atoms with Gasteiger partial charge in [-0.2, -0.15) is 5.26 Å². The van der Waals surface area contributed by atoms with Gasteiger partial charge in [-0.25, -0.2) is 4.79 Å². The fourth-order valence-corrected chi connectivity index (χ4v) is 3.42. The number of fused-ring (bicyclic) bond motifs is 1. The zero-order valence-corrected chi connectivity index (χ0v) is 17.4. The van der Waals surface area contributed by atoms with E-state index in [1.807, 2.05) is 30.3 Å². The van der Waals surface area contributed by atoms with E-state index in [1.165, 1.54) is 6.20 Å². The molecule has 4 rings (SSSR count). The van der Waals surface area contributed by atoms with Crippen LogP contribution in [0.4, 0.5) is 11.4 Å². The molecular weight excluding hydrogens is 406 g/mol. The molecule has 0 aliphatic rings. The summed E-state index contributed by atoms with van der Waals surface area (Å²) in [5.74, 6) is 0.254. The minimum Gasteiger partial charge on any atom is -0.497 e. The first-order chi connectivity index (χ1) is 15.5. The number of methoxy groups -OCH3 is 2. The summed E-state index contributed by atoms with van der Waals surface area (Å²) in [7, 11) is 3.14. The number of pyridine rings is 1. The van der Waals surface area contributed by atoms with Crippen molar-refractivity contribution in [1.29, 1.82) is 5.26 Å². The summed E-state index contributed by atoms with van der Waals surface area (Å²) in [6.45, 7) is 0. The van der Waals surface area contributed by atoms with E-state index in [1.54, 1.807) is 44.6 Å². The molecule has 2 N–H and O–H groups in total. The van der Waals surface area contributed by atoms with Crippen molar-refractivity contribution in [3.63, 3.8) is 0 Å². The topological polar surface area (TPSA) is 104 Å². The minimum absolute atomic E-state index is 0.220. The first kappa shape index (κ1) is 20.7. The molecule has 4 aromatic rings. The summed E-state index contributed by atoms with van der Waals surface area (Å²) in [5.41, 5.74) is 4.35. The third-order valence-corrected chi connectivity index (χ3v) is 5.07. The molecule has 0 atom stereocenters. The minimum atomic E-state index is -0.974. The lowest BCUT2D eigenvalue weighted by Gasteiger charge is -2.14. The second-order valence-electron chi connectivity index (χ2n) is 7.00.